The monoisotopic (exact) mass is 283 g/mol. The number of benzene rings is 1. The van der Waals surface area contributed by atoms with Gasteiger partial charge in [0.15, 0.2) is 11.5 Å². The molecule has 0 saturated carbocycles. The first-order valence-corrected chi connectivity index (χ1v) is 6.23. The predicted molar refractivity (Wildman–Crippen MR) is 74.7 cm³/mol. The minimum atomic E-state index is -0.982. The summed E-state index contributed by atoms with van der Waals surface area (Å²) in [4.78, 5) is 11.5. The lowest BCUT2D eigenvalue weighted by Crippen LogP contribution is -2.33. The number of ether oxygens (including phenoxy) is 3. The van der Waals surface area contributed by atoms with Crippen LogP contribution in [-0.4, -0.2) is 38.4 Å². The van der Waals surface area contributed by atoms with E-state index >= 15 is 0 Å². The molecule has 0 aliphatic carbocycles. The molecule has 6 nitrogen and oxygen atoms in total. The zero-order valence-electron chi connectivity index (χ0n) is 12.4. The Bertz CT molecular complexity index is 473. The molecular formula is C14H21NO5. The lowest BCUT2D eigenvalue weighted by atomic mass is 10.0. The fourth-order valence-corrected chi connectivity index (χ4v) is 1.98. The third-order valence-corrected chi connectivity index (χ3v) is 2.79. The normalized spacial score (nSPS) is 12.1. The number of hydrogen-bond donors (Lipinski definition) is 2. The molecule has 1 unspecified atom stereocenters. The van der Waals surface area contributed by atoms with Gasteiger partial charge >= 0.3 is 5.97 Å². The second kappa shape index (κ2) is 7.00. The van der Waals surface area contributed by atoms with Gasteiger partial charge < -0.3 is 19.3 Å². The van der Waals surface area contributed by atoms with Gasteiger partial charge in [0, 0.05) is 11.6 Å². The SMILES string of the molecule is COc1ccc(C(NC(C)C)C(=O)O)c(OC)c1OC. The van der Waals surface area contributed by atoms with Gasteiger partial charge in [0.2, 0.25) is 5.75 Å². The summed E-state index contributed by atoms with van der Waals surface area (Å²) < 4.78 is 15.8. The molecule has 20 heavy (non-hydrogen) atoms. The number of carbonyl (C=O) groups is 1. The smallest absolute Gasteiger partial charge is 0.325 e. The van der Waals surface area contributed by atoms with Crippen LogP contribution < -0.4 is 19.5 Å². The van der Waals surface area contributed by atoms with Crippen LogP contribution in [0.5, 0.6) is 17.2 Å². The minimum absolute atomic E-state index is 0.00824. The first kappa shape index (κ1) is 16.1. The highest BCUT2D eigenvalue weighted by atomic mass is 16.5. The van der Waals surface area contributed by atoms with Crippen LogP contribution in [0.2, 0.25) is 0 Å². The van der Waals surface area contributed by atoms with Gasteiger partial charge in [-0.3, -0.25) is 10.1 Å². The van der Waals surface area contributed by atoms with Gasteiger partial charge in [0.05, 0.1) is 21.3 Å². The number of hydrogen-bond acceptors (Lipinski definition) is 5. The van der Waals surface area contributed by atoms with Crippen molar-refractivity contribution in [2.75, 3.05) is 21.3 Å². The lowest BCUT2D eigenvalue weighted by Gasteiger charge is -2.22. The molecule has 0 aliphatic heterocycles. The summed E-state index contributed by atoms with van der Waals surface area (Å²) in [7, 11) is 4.46. The van der Waals surface area contributed by atoms with Crippen molar-refractivity contribution in [1.29, 1.82) is 0 Å². The molecule has 0 amide bonds. The van der Waals surface area contributed by atoms with Gasteiger partial charge in [-0.05, 0) is 26.0 Å². The van der Waals surface area contributed by atoms with E-state index in [1.807, 2.05) is 13.8 Å². The second-order valence-corrected chi connectivity index (χ2v) is 4.52. The van der Waals surface area contributed by atoms with E-state index in [4.69, 9.17) is 14.2 Å². The van der Waals surface area contributed by atoms with Gasteiger partial charge in [0.1, 0.15) is 6.04 Å². The van der Waals surface area contributed by atoms with E-state index in [-0.39, 0.29) is 6.04 Å². The zero-order chi connectivity index (χ0) is 15.3. The molecule has 0 aliphatic rings. The fraction of sp³-hybridized carbons (Fsp3) is 0.500. The Balaban J connectivity index is 3.38. The van der Waals surface area contributed by atoms with Crippen molar-refractivity contribution >= 4 is 5.97 Å². The van der Waals surface area contributed by atoms with E-state index < -0.39 is 12.0 Å². The van der Waals surface area contributed by atoms with Crippen molar-refractivity contribution in [3.8, 4) is 17.2 Å². The maximum atomic E-state index is 11.5. The van der Waals surface area contributed by atoms with E-state index in [1.165, 1.54) is 21.3 Å². The van der Waals surface area contributed by atoms with Crippen LogP contribution >= 0.6 is 0 Å². The Morgan fingerprint density at radius 2 is 1.70 bits per heavy atom. The van der Waals surface area contributed by atoms with Gasteiger partial charge in [-0.1, -0.05) is 0 Å². The Morgan fingerprint density at radius 3 is 2.10 bits per heavy atom. The number of methoxy groups -OCH3 is 3. The number of carboxylic acid groups (broad SMARTS) is 1. The molecule has 1 aromatic rings. The molecule has 0 heterocycles. The quantitative estimate of drug-likeness (QED) is 0.795. The largest absolute Gasteiger partial charge is 0.493 e. The molecule has 0 saturated heterocycles. The number of carboxylic acids is 1. The summed E-state index contributed by atoms with van der Waals surface area (Å²) in [5, 5.41) is 12.4. The van der Waals surface area contributed by atoms with Gasteiger partial charge in [0.25, 0.3) is 0 Å². The highest BCUT2D eigenvalue weighted by Gasteiger charge is 2.27. The van der Waals surface area contributed by atoms with Crippen molar-refractivity contribution in [3.63, 3.8) is 0 Å². The molecule has 112 valence electrons. The van der Waals surface area contributed by atoms with Crippen molar-refractivity contribution in [2.45, 2.75) is 25.9 Å². The van der Waals surface area contributed by atoms with E-state index in [2.05, 4.69) is 5.32 Å². The molecule has 0 spiro atoms. The van der Waals surface area contributed by atoms with Gasteiger partial charge in [-0.25, -0.2) is 0 Å². The summed E-state index contributed by atoms with van der Waals surface area (Å²) >= 11 is 0. The van der Waals surface area contributed by atoms with E-state index in [1.54, 1.807) is 12.1 Å². The third kappa shape index (κ3) is 3.33. The summed E-state index contributed by atoms with van der Waals surface area (Å²) in [6.07, 6.45) is 0. The topological polar surface area (TPSA) is 77.0 Å². The first-order valence-electron chi connectivity index (χ1n) is 6.23. The molecule has 0 bridgehead atoms. The number of nitrogens with one attached hydrogen (secondary N) is 1. The lowest BCUT2D eigenvalue weighted by molar-refractivity contribution is -0.139. The first-order chi connectivity index (χ1) is 9.46. The van der Waals surface area contributed by atoms with Gasteiger partial charge in [-0.2, -0.15) is 0 Å². The molecule has 6 heteroatoms. The number of rotatable bonds is 7. The van der Waals surface area contributed by atoms with Crippen LogP contribution in [0.15, 0.2) is 12.1 Å². The second-order valence-electron chi connectivity index (χ2n) is 4.52. The predicted octanol–water partition coefficient (Wildman–Crippen LogP) is 1.84. The molecular weight excluding hydrogens is 262 g/mol. The van der Waals surface area contributed by atoms with Crippen molar-refractivity contribution in [2.24, 2.45) is 0 Å². The standard InChI is InChI=1S/C14H21NO5/c1-8(2)15-11(14(16)17)9-6-7-10(18-3)13(20-5)12(9)19-4/h6-8,11,15H,1-5H3,(H,16,17). The minimum Gasteiger partial charge on any atom is -0.493 e. The molecule has 0 fully saturated rings. The summed E-state index contributed by atoms with van der Waals surface area (Å²) in [5.74, 6) is 0.239. The van der Waals surface area contributed by atoms with Crippen molar-refractivity contribution in [3.05, 3.63) is 17.7 Å². The maximum Gasteiger partial charge on any atom is 0.325 e. The van der Waals surface area contributed by atoms with Crippen LogP contribution in [0.1, 0.15) is 25.5 Å². The molecule has 2 N–H and O–H groups in total. The van der Waals surface area contributed by atoms with E-state index in [9.17, 15) is 9.90 Å². The average Bonchev–Trinajstić information content (AvgIpc) is 2.42. The fourth-order valence-electron chi connectivity index (χ4n) is 1.98. The summed E-state index contributed by atoms with van der Waals surface area (Å²) in [5.41, 5.74) is 0.492. The maximum absolute atomic E-state index is 11.5. The number of aliphatic carboxylic acids is 1. The Hall–Kier alpha value is -1.95. The van der Waals surface area contributed by atoms with Crippen LogP contribution in [0.4, 0.5) is 0 Å². The van der Waals surface area contributed by atoms with Crippen LogP contribution in [-0.2, 0) is 4.79 Å². The summed E-state index contributed by atoms with van der Waals surface area (Å²) in [6, 6.07) is 2.45. The third-order valence-electron chi connectivity index (χ3n) is 2.79. The highest BCUT2D eigenvalue weighted by Crippen LogP contribution is 2.42. The highest BCUT2D eigenvalue weighted by molar-refractivity contribution is 5.78. The van der Waals surface area contributed by atoms with Crippen molar-refractivity contribution < 1.29 is 24.1 Å². The van der Waals surface area contributed by atoms with Crippen LogP contribution in [0.25, 0.3) is 0 Å². The molecule has 0 aromatic heterocycles. The van der Waals surface area contributed by atoms with E-state index in [0.29, 0.717) is 22.8 Å². The zero-order valence-corrected chi connectivity index (χ0v) is 12.4. The summed E-state index contributed by atoms with van der Waals surface area (Å²) in [6.45, 7) is 3.76. The van der Waals surface area contributed by atoms with Crippen LogP contribution in [0.3, 0.4) is 0 Å². The van der Waals surface area contributed by atoms with Gasteiger partial charge in [-0.15, -0.1) is 0 Å². The van der Waals surface area contributed by atoms with Crippen LogP contribution in [0, 0.1) is 0 Å². The molecule has 1 aromatic carbocycles. The Morgan fingerprint density at radius 1 is 1.10 bits per heavy atom. The Kier molecular flexibility index (Phi) is 5.64. The molecule has 1 rings (SSSR count). The van der Waals surface area contributed by atoms with E-state index in [0.717, 1.165) is 0 Å². The Labute approximate surface area is 118 Å². The molecule has 1 atom stereocenters. The average molecular weight is 283 g/mol. The van der Waals surface area contributed by atoms with Crippen molar-refractivity contribution in [1.82, 2.24) is 5.32 Å². The molecule has 0 radical (unpaired) electrons.